The van der Waals surface area contributed by atoms with Crippen molar-refractivity contribution in [1.29, 1.82) is 0 Å². The lowest BCUT2D eigenvalue weighted by molar-refractivity contribution is 0.325. The molecule has 2 unspecified atom stereocenters. The number of allylic oxidation sites excluding steroid dienone is 3. The Kier molecular flexibility index (Phi) is 5.63. The van der Waals surface area contributed by atoms with E-state index in [0.29, 0.717) is 0 Å². The van der Waals surface area contributed by atoms with Crippen molar-refractivity contribution in [2.24, 2.45) is 13.0 Å². The molecule has 3 aromatic rings. The number of aryl methyl sites for hydroxylation is 1. The predicted octanol–water partition coefficient (Wildman–Crippen LogP) is 5.07. The molecule has 0 aliphatic carbocycles. The molecule has 0 saturated carbocycles. The third kappa shape index (κ3) is 3.98. The van der Waals surface area contributed by atoms with Gasteiger partial charge >= 0.3 is 0 Å². The molecule has 31 heavy (non-hydrogen) atoms. The van der Waals surface area contributed by atoms with Crippen molar-refractivity contribution in [3.63, 3.8) is 0 Å². The van der Waals surface area contributed by atoms with Crippen LogP contribution in [-0.4, -0.2) is 37.8 Å². The van der Waals surface area contributed by atoms with Crippen molar-refractivity contribution in [1.82, 2.24) is 24.2 Å². The van der Waals surface area contributed by atoms with Gasteiger partial charge < -0.3 is 9.47 Å². The average molecular weight is 418 g/mol. The van der Waals surface area contributed by atoms with E-state index < -0.39 is 0 Å². The van der Waals surface area contributed by atoms with Gasteiger partial charge in [-0.25, -0.2) is 9.37 Å². The Morgan fingerprint density at radius 3 is 2.84 bits per heavy atom. The maximum absolute atomic E-state index is 14.7. The molecular formula is C25H28FN5. The lowest BCUT2D eigenvalue weighted by Crippen LogP contribution is -2.23. The second-order valence-electron chi connectivity index (χ2n) is 8.27. The summed E-state index contributed by atoms with van der Waals surface area (Å²) in [5.41, 5.74) is 5.49. The van der Waals surface area contributed by atoms with Crippen LogP contribution in [0.5, 0.6) is 0 Å². The van der Waals surface area contributed by atoms with Crippen LogP contribution in [-0.2, 0) is 7.05 Å². The largest absolute Gasteiger partial charge is 0.375 e. The molecule has 160 valence electrons. The number of rotatable bonds is 8. The lowest BCUT2D eigenvalue weighted by Gasteiger charge is -2.26. The first-order valence-corrected chi connectivity index (χ1v) is 10.4. The maximum atomic E-state index is 14.7. The van der Waals surface area contributed by atoms with Crippen LogP contribution in [0.1, 0.15) is 30.5 Å². The number of benzene rings is 1. The van der Waals surface area contributed by atoms with Gasteiger partial charge in [-0.1, -0.05) is 38.3 Å². The first-order valence-electron chi connectivity index (χ1n) is 10.4. The van der Waals surface area contributed by atoms with Gasteiger partial charge in [-0.2, -0.15) is 5.10 Å². The molecule has 3 heterocycles. The van der Waals surface area contributed by atoms with E-state index in [1.54, 1.807) is 23.0 Å². The molecule has 1 aromatic carbocycles. The second kappa shape index (κ2) is 8.38. The summed E-state index contributed by atoms with van der Waals surface area (Å²) in [6, 6.07) is 5.25. The monoisotopic (exact) mass is 417 g/mol. The van der Waals surface area contributed by atoms with Crippen LogP contribution in [0.2, 0.25) is 0 Å². The van der Waals surface area contributed by atoms with Crippen molar-refractivity contribution in [3.05, 3.63) is 91.1 Å². The Labute approximate surface area is 182 Å². The topological polar surface area (TPSA) is 38.9 Å². The molecule has 0 N–H and O–H groups in total. The normalized spacial score (nSPS) is 15.7. The number of aromatic nitrogens is 4. The number of hydrogen-bond acceptors (Lipinski definition) is 3. The fourth-order valence-corrected chi connectivity index (χ4v) is 4.20. The van der Waals surface area contributed by atoms with E-state index >= 15 is 0 Å². The third-order valence-electron chi connectivity index (χ3n) is 6.09. The van der Waals surface area contributed by atoms with Gasteiger partial charge in [0.05, 0.1) is 30.5 Å². The highest BCUT2D eigenvalue weighted by molar-refractivity contribution is 5.71. The van der Waals surface area contributed by atoms with Gasteiger partial charge in [-0.15, -0.1) is 0 Å². The average Bonchev–Trinajstić information content (AvgIpc) is 3.46. The minimum absolute atomic E-state index is 0.0451. The highest BCUT2D eigenvalue weighted by atomic mass is 19.1. The van der Waals surface area contributed by atoms with Gasteiger partial charge in [0.15, 0.2) is 0 Å². The number of imidazole rings is 1. The van der Waals surface area contributed by atoms with Gasteiger partial charge in [0, 0.05) is 49.2 Å². The van der Waals surface area contributed by atoms with Gasteiger partial charge in [0.1, 0.15) is 5.82 Å². The van der Waals surface area contributed by atoms with Crippen LogP contribution >= 0.6 is 0 Å². The summed E-state index contributed by atoms with van der Waals surface area (Å²) < 4.78 is 18.6. The molecule has 2 atom stereocenters. The van der Waals surface area contributed by atoms with E-state index in [1.807, 2.05) is 51.0 Å². The van der Waals surface area contributed by atoms with Crippen LogP contribution in [0, 0.1) is 11.7 Å². The number of likely N-dealkylation sites (N-methyl/N-ethyl adjacent to an activating group) is 1. The van der Waals surface area contributed by atoms with Crippen LogP contribution in [0.3, 0.4) is 0 Å². The quantitative estimate of drug-likeness (QED) is 0.481. The third-order valence-corrected chi connectivity index (χ3v) is 6.09. The standard InChI is InChI=1S/C25H28FN5/c1-17(20-13-28-30(5)15-20)9-10-19(3)29(4)12-11-18(2)25-24-21(7-6-8-22(24)26)23-14-27-16-31(23)25/h6-10,13-16,18,25H,1,3,11-12H2,2,4-5H3/b10-9-. The number of nitrogens with zero attached hydrogens (tertiary/aromatic N) is 5. The zero-order valence-electron chi connectivity index (χ0n) is 18.3. The van der Waals surface area contributed by atoms with Gasteiger partial charge in [-0.05, 0) is 30.1 Å². The van der Waals surface area contributed by atoms with Crippen molar-refractivity contribution < 1.29 is 4.39 Å². The highest BCUT2D eigenvalue weighted by Gasteiger charge is 2.34. The maximum Gasteiger partial charge on any atom is 0.129 e. The minimum atomic E-state index is -0.146. The van der Waals surface area contributed by atoms with Crippen LogP contribution < -0.4 is 0 Å². The number of halogens is 1. The molecule has 0 radical (unpaired) electrons. The highest BCUT2D eigenvalue weighted by Crippen LogP contribution is 2.44. The fourth-order valence-electron chi connectivity index (χ4n) is 4.20. The van der Waals surface area contributed by atoms with Crippen LogP contribution in [0.25, 0.3) is 16.8 Å². The van der Waals surface area contributed by atoms with Gasteiger partial charge in [-0.3, -0.25) is 4.68 Å². The summed E-state index contributed by atoms with van der Waals surface area (Å²) in [6.07, 6.45) is 12.2. The Balaban J connectivity index is 1.40. The summed E-state index contributed by atoms with van der Waals surface area (Å²) in [7, 11) is 3.91. The van der Waals surface area contributed by atoms with Crippen LogP contribution in [0.15, 0.2) is 74.1 Å². The number of fused-ring (bicyclic) bond motifs is 3. The lowest BCUT2D eigenvalue weighted by atomic mass is 9.90. The zero-order valence-corrected chi connectivity index (χ0v) is 18.3. The summed E-state index contributed by atoms with van der Waals surface area (Å²) in [5.74, 6) is 0.0864. The van der Waals surface area contributed by atoms with E-state index in [1.165, 1.54) is 0 Å². The van der Waals surface area contributed by atoms with Crippen molar-refractivity contribution >= 4 is 5.57 Å². The molecule has 1 aliphatic rings. The Bertz CT molecular complexity index is 1150. The van der Waals surface area contributed by atoms with Gasteiger partial charge in [0.25, 0.3) is 0 Å². The molecule has 1 aliphatic heterocycles. The Hall–Kier alpha value is -3.41. The van der Waals surface area contributed by atoms with E-state index in [2.05, 4.69) is 39.6 Å². The predicted molar refractivity (Wildman–Crippen MR) is 123 cm³/mol. The molecule has 0 saturated heterocycles. The summed E-state index contributed by atoms with van der Waals surface area (Å²) >= 11 is 0. The van der Waals surface area contributed by atoms with Crippen LogP contribution in [0.4, 0.5) is 4.39 Å². The molecule has 6 heteroatoms. The molecule has 0 bridgehead atoms. The minimum Gasteiger partial charge on any atom is -0.375 e. The van der Waals surface area contributed by atoms with Crippen molar-refractivity contribution in [3.8, 4) is 11.3 Å². The first kappa shape index (κ1) is 20.8. The van der Waals surface area contributed by atoms with Crippen molar-refractivity contribution in [2.45, 2.75) is 19.4 Å². The summed E-state index contributed by atoms with van der Waals surface area (Å²) in [5, 5.41) is 4.18. The van der Waals surface area contributed by atoms with E-state index in [0.717, 1.165) is 46.6 Å². The molecule has 5 nitrogen and oxygen atoms in total. The smallest absolute Gasteiger partial charge is 0.129 e. The fraction of sp³-hybridized carbons (Fsp3) is 0.280. The van der Waals surface area contributed by atoms with E-state index in [-0.39, 0.29) is 17.8 Å². The van der Waals surface area contributed by atoms with Crippen molar-refractivity contribution in [2.75, 3.05) is 13.6 Å². The molecular weight excluding hydrogens is 389 g/mol. The summed E-state index contributed by atoms with van der Waals surface area (Å²) in [4.78, 5) is 6.41. The first-order chi connectivity index (χ1) is 14.9. The Morgan fingerprint density at radius 2 is 2.10 bits per heavy atom. The molecule has 0 fully saturated rings. The van der Waals surface area contributed by atoms with E-state index in [9.17, 15) is 4.39 Å². The second-order valence-corrected chi connectivity index (χ2v) is 8.27. The Morgan fingerprint density at radius 1 is 1.29 bits per heavy atom. The molecule has 0 amide bonds. The molecule has 4 rings (SSSR count). The molecule has 0 spiro atoms. The SMILES string of the molecule is C=C(/C=C\C(=C)N(C)CCC(C)C1c2c(F)cccc2-c2cncn21)c1cnn(C)c1. The van der Waals surface area contributed by atoms with Gasteiger partial charge in [0.2, 0.25) is 0 Å². The summed E-state index contributed by atoms with van der Waals surface area (Å²) in [6.45, 7) is 11.3. The number of hydrogen-bond donors (Lipinski definition) is 0. The zero-order chi connectivity index (χ0) is 22.1. The van der Waals surface area contributed by atoms with E-state index in [4.69, 9.17) is 0 Å². The molecule has 2 aromatic heterocycles.